The third kappa shape index (κ3) is 3.42. The van der Waals surface area contributed by atoms with Crippen molar-refractivity contribution < 1.29 is 4.74 Å². The second-order valence-corrected chi connectivity index (χ2v) is 11.0. The van der Waals surface area contributed by atoms with E-state index in [1.165, 1.54) is 47.4 Å². The molecule has 0 saturated carbocycles. The molecular weight excluding hydrogens is 496 g/mol. The molecule has 0 bridgehead atoms. The van der Waals surface area contributed by atoms with Crippen LogP contribution in [0.2, 0.25) is 0 Å². The lowest BCUT2D eigenvalue weighted by Gasteiger charge is -2.11. The molecule has 0 unspecified atom stereocenters. The minimum Gasteiger partial charge on any atom is -0.487 e. The average molecular weight is 521 g/mol. The Balaban J connectivity index is 1.26. The van der Waals surface area contributed by atoms with E-state index in [-0.39, 0.29) is 0 Å². The molecule has 0 saturated heterocycles. The minimum absolute atomic E-state index is 0.435. The maximum absolute atomic E-state index is 6.67. The van der Waals surface area contributed by atoms with Crippen LogP contribution >= 0.6 is 11.3 Å². The minimum atomic E-state index is 0.435. The zero-order valence-corrected chi connectivity index (χ0v) is 21.9. The normalized spacial score (nSPS) is 11.8. The smallest absolute Gasteiger partial charge is 0.143 e. The molecule has 39 heavy (non-hydrogen) atoms. The maximum Gasteiger partial charge on any atom is 0.143 e. The number of thiophene rings is 1. The molecule has 6 aromatic carbocycles. The Labute approximate surface area is 229 Å². The van der Waals surface area contributed by atoms with Crippen LogP contribution < -0.4 is 10.5 Å². The molecule has 0 fully saturated rings. The van der Waals surface area contributed by atoms with Crippen molar-refractivity contribution in [3.05, 3.63) is 127 Å². The fourth-order valence-electron chi connectivity index (χ4n) is 5.89. The van der Waals surface area contributed by atoms with Gasteiger partial charge in [0.15, 0.2) is 0 Å². The SMILES string of the molecule is Nc1c(OCc2ccc3c4c5ccccc5ccc4n(-c4ccccc4)c3c2)ccc2sc3ccccc3c12. The van der Waals surface area contributed by atoms with Crippen molar-refractivity contribution in [2.75, 3.05) is 5.73 Å². The number of benzene rings is 6. The summed E-state index contributed by atoms with van der Waals surface area (Å²) < 4.78 is 11.1. The first-order valence-corrected chi connectivity index (χ1v) is 13.9. The summed E-state index contributed by atoms with van der Waals surface area (Å²) in [6, 6.07) is 42.8. The molecule has 4 heteroatoms. The lowest BCUT2D eigenvalue weighted by atomic mass is 10.0. The summed E-state index contributed by atoms with van der Waals surface area (Å²) in [4.78, 5) is 0. The number of ether oxygens (including phenoxy) is 1. The van der Waals surface area contributed by atoms with Gasteiger partial charge in [-0.2, -0.15) is 0 Å². The van der Waals surface area contributed by atoms with Gasteiger partial charge in [-0.05, 0) is 58.8 Å². The Kier molecular flexibility index (Phi) is 4.91. The molecule has 0 radical (unpaired) electrons. The largest absolute Gasteiger partial charge is 0.487 e. The number of hydrogen-bond donors (Lipinski definition) is 1. The number of anilines is 1. The molecule has 2 aromatic heterocycles. The Morgan fingerprint density at radius 1 is 0.615 bits per heavy atom. The zero-order valence-electron chi connectivity index (χ0n) is 21.1. The first-order chi connectivity index (χ1) is 19.3. The molecule has 8 rings (SSSR count). The first-order valence-electron chi connectivity index (χ1n) is 13.1. The summed E-state index contributed by atoms with van der Waals surface area (Å²) in [5.41, 5.74) is 12.0. The molecule has 2 N–H and O–H groups in total. The van der Waals surface area contributed by atoms with Gasteiger partial charge in [-0.25, -0.2) is 0 Å². The van der Waals surface area contributed by atoms with Crippen LogP contribution in [-0.2, 0) is 6.61 Å². The topological polar surface area (TPSA) is 40.2 Å². The average Bonchev–Trinajstić information content (AvgIpc) is 3.53. The van der Waals surface area contributed by atoms with Crippen LogP contribution in [0.25, 0.3) is 58.4 Å². The monoisotopic (exact) mass is 520 g/mol. The van der Waals surface area contributed by atoms with Crippen LogP contribution in [0.1, 0.15) is 5.56 Å². The summed E-state index contributed by atoms with van der Waals surface area (Å²) in [5, 5.41) is 7.29. The van der Waals surface area contributed by atoms with Crippen molar-refractivity contribution in [2.45, 2.75) is 6.61 Å². The number of nitrogens with two attached hydrogens (primary N) is 1. The Morgan fingerprint density at radius 3 is 2.31 bits per heavy atom. The van der Waals surface area contributed by atoms with E-state index >= 15 is 0 Å². The molecular formula is C35H24N2OS. The van der Waals surface area contributed by atoms with E-state index in [4.69, 9.17) is 10.5 Å². The second-order valence-electron chi connectivity index (χ2n) is 9.94. The van der Waals surface area contributed by atoms with Crippen molar-refractivity contribution in [3.8, 4) is 11.4 Å². The van der Waals surface area contributed by atoms with Crippen LogP contribution in [0.3, 0.4) is 0 Å². The fraction of sp³-hybridized carbons (Fsp3) is 0.0286. The summed E-state index contributed by atoms with van der Waals surface area (Å²) in [7, 11) is 0. The number of fused-ring (bicyclic) bond motifs is 8. The van der Waals surface area contributed by atoms with Gasteiger partial charge in [0.2, 0.25) is 0 Å². The quantitative estimate of drug-likeness (QED) is 0.235. The van der Waals surface area contributed by atoms with Gasteiger partial charge in [0.1, 0.15) is 12.4 Å². The van der Waals surface area contributed by atoms with E-state index in [1.54, 1.807) is 11.3 Å². The highest BCUT2D eigenvalue weighted by atomic mass is 32.1. The second kappa shape index (κ2) is 8.62. The van der Waals surface area contributed by atoms with Crippen molar-refractivity contribution >= 4 is 69.8 Å². The number of para-hydroxylation sites is 1. The summed E-state index contributed by atoms with van der Waals surface area (Å²) in [6.07, 6.45) is 0. The molecule has 2 heterocycles. The van der Waals surface area contributed by atoms with Gasteiger partial charge >= 0.3 is 0 Å². The molecule has 0 spiro atoms. The third-order valence-electron chi connectivity index (χ3n) is 7.67. The predicted octanol–water partition coefficient (Wildman–Crippen LogP) is 9.47. The van der Waals surface area contributed by atoms with Crippen LogP contribution in [0.5, 0.6) is 5.75 Å². The van der Waals surface area contributed by atoms with Crippen molar-refractivity contribution in [2.24, 2.45) is 0 Å². The van der Waals surface area contributed by atoms with Crippen molar-refractivity contribution in [1.29, 1.82) is 0 Å². The summed E-state index contributed by atoms with van der Waals surface area (Å²) in [5.74, 6) is 0.723. The Morgan fingerprint density at radius 2 is 1.41 bits per heavy atom. The summed E-state index contributed by atoms with van der Waals surface area (Å²) >= 11 is 1.76. The predicted molar refractivity (Wildman–Crippen MR) is 166 cm³/mol. The lowest BCUT2D eigenvalue weighted by molar-refractivity contribution is 0.308. The van der Waals surface area contributed by atoms with Gasteiger partial charge < -0.3 is 15.0 Å². The molecule has 186 valence electrons. The maximum atomic E-state index is 6.67. The van der Waals surface area contributed by atoms with Crippen LogP contribution in [0.15, 0.2) is 121 Å². The summed E-state index contributed by atoms with van der Waals surface area (Å²) in [6.45, 7) is 0.435. The molecule has 0 atom stereocenters. The highest BCUT2D eigenvalue weighted by Gasteiger charge is 2.16. The van der Waals surface area contributed by atoms with Crippen molar-refractivity contribution in [1.82, 2.24) is 4.57 Å². The number of aromatic nitrogens is 1. The van der Waals surface area contributed by atoms with Gasteiger partial charge in [-0.3, -0.25) is 0 Å². The molecule has 3 nitrogen and oxygen atoms in total. The lowest BCUT2D eigenvalue weighted by Crippen LogP contribution is -2.00. The third-order valence-corrected chi connectivity index (χ3v) is 8.81. The molecule has 0 aliphatic carbocycles. The zero-order chi connectivity index (χ0) is 25.9. The van der Waals surface area contributed by atoms with E-state index in [9.17, 15) is 0 Å². The van der Waals surface area contributed by atoms with E-state index < -0.39 is 0 Å². The van der Waals surface area contributed by atoms with Crippen LogP contribution in [-0.4, -0.2) is 4.57 Å². The highest BCUT2D eigenvalue weighted by Crippen LogP contribution is 2.42. The van der Waals surface area contributed by atoms with Crippen LogP contribution in [0, 0.1) is 0 Å². The van der Waals surface area contributed by atoms with E-state index in [0.717, 1.165) is 22.4 Å². The molecule has 8 aromatic rings. The molecule has 0 aliphatic heterocycles. The molecule has 0 aliphatic rings. The van der Waals surface area contributed by atoms with E-state index in [1.807, 2.05) is 6.07 Å². The van der Waals surface area contributed by atoms with Gasteiger partial charge in [0, 0.05) is 36.6 Å². The standard InChI is InChI=1S/C35H24N2OS/c36-35-30(18-19-32-34(35)27-12-6-7-13-31(27)39-32)38-21-22-14-16-26-29(20-22)37(24-9-2-1-3-10-24)28-17-15-23-8-4-5-11-25(23)33(26)28/h1-20H,21,36H2. The Hall–Kier alpha value is -4.80. The first kappa shape index (κ1) is 22.2. The van der Waals surface area contributed by atoms with E-state index in [2.05, 4.69) is 120 Å². The van der Waals surface area contributed by atoms with Gasteiger partial charge in [-0.1, -0.05) is 78.9 Å². The number of nitrogen functional groups attached to an aromatic ring is 1. The van der Waals surface area contributed by atoms with Crippen molar-refractivity contribution in [3.63, 3.8) is 0 Å². The fourth-order valence-corrected chi connectivity index (χ4v) is 7.01. The number of hydrogen-bond acceptors (Lipinski definition) is 3. The molecule has 0 amide bonds. The Bertz CT molecular complexity index is 2190. The highest BCUT2D eigenvalue weighted by molar-refractivity contribution is 7.26. The van der Waals surface area contributed by atoms with Gasteiger partial charge in [0.25, 0.3) is 0 Å². The number of nitrogens with zero attached hydrogens (tertiary/aromatic N) is 1. The van der Waals surface area contributed by atoms with Crippen LogP contribution in [0.4, 0.5) is 5.69 Å². The van der Waals surface area contributed by atoms with E-state index in [0.29, 0.717) is 12.3 Å². The van der Waals surface area contributed by atoms with Gasteiger partial charge in [0.05, 0.1) is 16.7 Å². The van der Waals surface area contributed by atoms with Gasteiger partial charge in [-0.15, -0.1) is 11.3 Å². The number of rotatable bonds is 4.